The maximum Gasteiger partial charge on any atom is 0.410 e. The van der Waals surface area contributed by atoms with Crippen LogP contribution in [-0.2, 0) is 11.3 Å². The lowest BCUT2D eigenvalue weighted by atomic mass is 10.0. The summed E-state index contributed by atoms with van der Waals surface area (Å²) in [6, 6.07) is 11.3. The summed E-state index contributed by atoms with van der Waals surface area (Å²) in [5, 5.41) is 0. The summed E-state index contributed by atoms with van der Waals surface area (Å²) in [4.78, 5) is 17.1. The zero-order valence-electron chi connectivity index (χ0n) is 15.4. The molecule has 1 saturated carbocycles. The molecule has 2 aliphatic rings. The number of rotatable bonds is 3. The number of ether oxygens (including phenoxy) is 1. The molecule has 1 heterocycles. The molecule has 1 aromatic rings. The molecule has 1 aliphatic heterocycles. The Hall–Kier alpha value is -1.55. The Morgan fingerprint density at radius 1 is 1.17 bits per heavy atom. The van der Waals surface area contributed by atoms with Crippen LogP contribution in [0.3, 0.4) is 0 Å². The van der Waals surface area contributed by atoms with Gasteiger partial charge in [0.25, 0.3) is 0 Å². The van der Waals surface area contributed by atoms with E-state index in [4.69, 9.17) is 4.74 Å². The summed E-state index contributed by atoms with van der Waals surface area (Å²) in [5.41, 5.74) is 0.911. The van der Waals surface area contributed by atoms with E-state index < -0.39 is 5.60 Å². The first-order valence-electron chi connectivity index (χ1n) is 9.11. The first-order valence-corrected chi connectivity index (χ1v) is 9.11. The van der Waals surface area contributed by atoms with Crippen LogP contribution < -0.4 is 0 Å². The highest BCUT2D eigenvalue weighted by atomic mass is 16.6. The number of benzene rings is 1. The summed E-state index contributed by atoms with van der Waals surface area (Å²) in [5.74, 6) is 0.728. The molecular formula is C20H30N2O2. The van der Waals surface area contributed by atoms with Crippen LogP contribution in [0.15, 0.2) is 30.3 Å². The normalized spacial score (nSPS) is 25.6. The van der Waals surface area contributed by atoms with Crippen molar-refractivity contribution in [2.24, 2.45) is 5.92 Å². The van der Waals surface area contributed by atoms with Gasteiger partial charge in [0.1, 0.15) is 5.60 Å². The van der Waals surface area contributed by atoms with Gasteiger partial charge >= 0.3 is 6.09 Å². The van der Waals surface area contributed by atoms with E-state index in [2.05, 4.69) is 42.2 Å². The van der Waals surface area contributed by atoms with Crippen LogP contribution in [0.25, 0.3) is 0 Å². The van der Waals surface area contributed by atoms with E-state index in [1.807, 2.05) is 25.7 Å². The maximum atomic E-state index is 12.6. The van der Waals surface area contributed by atoms with Gasteiger partial charge in [-0.25, -0.2) is 4.79 Å². The smallest absolute Gasteiger partial charge is 0.410 e. The standard InChI is InChI=1S/C20H30N2O2/c1-15-12-21(13-16-8-6-5-7-9-16)18(17-10-11-17)14-22(15)19(23)24-20(2,3)4/h5-9,15,17-18H,10-14H2,1-4H3/t15-,18-/m1/s1. The van der Waals surface area contributed by atoms with E-state index in [1.165, 1.54) is 18.4 Å². The number of carbonyl (C=O) groups excluding carboxylic acids is 1. The topological polar surface area (TPSA) is 32.8 Å². The zero-order valence-corrected chi connectivity index (χ0v) is 15.4. The highest BCUT2D eigenvalue weighted by Gasteiger charge is 2.43. The average molecular weight is 330 g/mol. The first kappa shape index (κ1) is 17.3. The SMILES string of the molecule is C[C@@H]1CN(Cc2ccccc2)[C@@H](C2CC2)CN1C(=O)OC(C)(C)C. The van der Waals surface area contributed by atoms with Crippen molar-refractivity contribution < 1.29 is 9.53 Å². The van der Waals surface area contributed by atoms with E-state index >= 15 is 0 Å². The van der Waals surface area contributed by atoms with Gasteiger partial charge in [-0.05, 0) is 52.0 Å². The Kier molecular flexibility index (Phi) is 4.86. The molecule has 1 saturated heterocycles. The predicted octanol–water partition coefficient (Wildman–Crippen LogP) is 3.91. The lowest BCUT2D eigenvalue weighted by Gasteiger charge is -2.45. The van der Waals surface area contributed by atoms with Gasteiger partial charge in [0.15, 0.2) is 0 Å². The number of hydrogen-bond acceptors (Lipinski definition) is 3. The van der Waals surface area contributed by atoms with Gasteiger partial charge < -0.3 is 9.64 Å². The minimum atomic E-state index is -0.437. The van der Waals surface area contributed by atoms with Crippen LogP contribution in [0.4, 0.5) is 4.79 Å². The molecule has 132 valence electrons. The number of piperazine rings is 1. The molecule has 0 radical (unpaired) electrons. The summed E-state index contributed by atoms with van der Waals surface area (Å²) >= 11 is 0. The Morgan fingerprint density at radius 3 is 2.42 bits per heavy atom. The van der Waals surface area contributed by atoms with E-state index in [9.17, 15) is 4.79 Å². The van der Waals surface area contributed by atoms with Crippen molar-refractivity contribution in [1.29, 1.82) is 0 Å². The fourth-order valence-electron chi connectivity index (χ4n) is 3.57. The molecule has 0 aromatic heterocycles. The molecule has 1 aliphatic carbocycles. The molecule has 24 heavy (non-hydrogen) atoms. The first-order chi connectivity index (χ1) is 11.3. The summed E-state index contributed by atoms with van der Waals surface area (Å²) < 4.78 is 5.62. The van der Waals surface area contributed by atoms with Crippen LogP contribution in [0.2, 0.25) is 0 Å². The largest absolute Gasteiger partial charge is 0.444 e. The highest BCUT2D eigenvalue weighted by molar-refractivity contribution is 5.68. The number of hydrogen-bond donors (Lipinski definition) is 0. The predicted molar refractivity (Wildman–Crippen MR) is 95.8 cm³/mol. The Balaban J connectivity index is 1.70. The van der Waals surface area contributed by atoms with Crippen molar-refractivity contribution in [2.45, 2.75) is 64.8 Å². The Morgan fingerprint density at radius 2 is 1.83 bits per heavy atom. The van der Waals surface area contributed by atoms with Crippen molar-refractivity contribution in [3.8, 4) is 0 Å². The van der Waals surface area contributed by atoms with E-state index in [0.29, 0.717) is 6.04 Å². The molecule has 4 nitrogen and oxygen atoms in total. The fraction of sp³-hybridized carbons (Fsp3) is 0.650. The van der Waals surface area contributed by atoms with Crippen LogP contribution in [-0.4, -0.2) is 46.7 Å². The summed E-state index contributed by atoms with van der Waals surface area (Å²) in [6.07, 6.45) is 2.40. The van der Waals surface area contributed by atoms with Crippen LogP contribution in [0, 0.1) is 5.92 Å². The summed E-state index contributed by atoms with van der Waals surface area (Å²) in [6.45, 7) is 10.6. The maximum absolute atomic E-state index is 12.6. The van der Waals surface area contributed by atoms with Crippen LogP contribution >= 0.6 is 0 Å². The third kappa shape index (κ3) is 4.29. The van der Waals surface area contributed by atoms with Crippen molar-refractivity contribution in [3.63, 3.8) is 0 Å². The van der Waals surface area contributed by atoms with Crippen molar-refractivity contribution in [2.75, 3.05) is 13.1 Å². The van der Waals surface area contributed by atoms with E-state index in [1.54, 1.807) is 0 Å². The molecule has 1 aromatic carbocycles. The van der Waals surface area contributed by atoms with E-state index in [0.717, 1.165) is 25.6 Å². The van der Waals surface area contributed by atoms with E-state index in [-0.39, 0.29) is 12.1 Å². The second-order valence-electron chi connectivity index (χ2n) is 8.30. The van der Waals surface area contributed by atoms with Crippen LogP contribution in [0.5, 0.6) is 0 Å². The lowest BCUT2D eigenvalue weighted by Crippen LogP contribution is -2.59. The van der Waals surface area contributed by atoms with Crippen molar-refractivity contribution >= 4 is 6.09 Å². The zero-order chi connectivity index (χ0) is 17.3. The third-order valence-corrected chi connectivity index (χ3v) is 4.91. The number of carbonyl (C=O) groups is 1. The molecule has 4 heteroatoms. The molecule has 0 spiro atoms. The molecule has 0 bridgehead atoms. The minimum Gasteiger partial charge on any atom is -0.444 e. The molecule has 3 rings (SSSR count). The molecule has 1 amide bonds. The third-order valence-electron chi connectivity index (χ3n) is 4.91. The fourth-order valence-corrected chi connectivity index (χ4v) is 3.57. The molecular weight excluding hydrogens is 300 g/mol. The van der Waals surface area contributed by atoms with Gasteiger partial charge in [-0.15, -0.1) is 0 Å². The van der Waals surface area contributed by atoms with Crippen LogP contribution in [0.1, 0.15) is 46.1 Å². The average Bonchev–Trinajstić information content (AvgIpc) is 3.31. The quantitative estimate of drug-likeness (QED) is 0.842. The number of nitrogens with zero attached hydrogens (tertiary/aromatic N) is 2. The van der Waals surface area contributed by atoms with Gasteiger partial charge in [0.05, 0.1) is 0 Å². The molecule has 2 fully saturated rings. The van der Waals surface area contributed by atoms with Crippen molar-refractivity contribution in [1.82, 2.24) is 9.80 Å². The minimum absolute atomic E-state index is 0.167. The summed E-state index contributed by atoms with van der Waals surface area (Å²) in [7, 11) is 0. The number of amides is 1. The van der Waals surface area contributed by atoms with Crippen molar-refractivity contribution in [3.05, 3.63) is 35.9 Å². The van der Waals surface area contributed by atoms with Gasteiger partial charge in [-0.1, -0.05) is 30.3 Å². The molecule has 2 atom stereocenters. The second kappa shape index (κ2) is 6.75. The Bertz CT molecular complexity index is 563. The van der Waals surface area contributed by atoms with Gasteiger partial charge in [-0.3, -0.25) is 4.90 Å². The highest BCUT2D eigenvalue weighted by Crippen LogP contribution is 2.38. The second-order valence-corrected chi connectivity index (χ2v) is 8.30. The van der Waals surface area contributed by atoms with Gasteiger partial charge in [0, 0.05) is 31.7 Å². The molecule has 0 unspecified atom stereocenters. The lowest BCUT2D eigenvalue weighted by molar-refractivity contribution is -0.0181. The van der Waals surface area contributed by atoms with Gasteiger partial charge in [-0.2, -0.15) is 0 Å². The monoisotopic (exact) mass is 330 g/mol. The Labute approximate surface area is 145 Å². The van der Waals surface area contributed by atoms with Gasteiger partial charge in [0.2, 0.25) is 0 Å². The molecule has 0 N–H and O–H groups in total.